The fourth-order valence-electron chi connectivity index (χ4n) is 2.86. The van der Waals surface area contributed by atoms with Crippen LogP contribution in [0, 0.1) is 11.6 Å². The molecule has 9 heteroatoms. The minimum atomic E-state index is -0.744. The fraction of sp³-hybridized carbons (Fsp3) is 0.316. The molecule has 1 aliphatic heterocycles. The Morgan fingerprint density at radius 3 is 2.50 bits per heavy atom. The molecule has 1 fully saturated rings. The molecule has 0 atom stereocenters. The van der Waals surface area contributed by atoms with Crippen molar-refractivity contribution < 1.29 is 23.1 Å². The highest BCUT2D eigenvalue weighted by Crippen LogP contribution is 2.21. The van der Waals surface area contributed by atoms with Crippen LogP contribution < -0.4 is 5.32 Å². The standard InChI is InChI=1S/C19H20F2N4O3/c1-2-28-19(27)25-7-5-24(6-8-25)18(26)13-9-15(12-22-11-13)23-17-4-3-14(20)10-16(17)21/h3-4,9-12,23H,2,5-8H2,1H3. The van der Waals surface area contributed by atoms with Crippen LogP contribution in [0.3, 0.4) is 0 Å². The number of amides is 2. The highest BCUT2D eigenvalue weighted by Gasteiger charge is 2.25. The van der Waals surface area contributed by atoms with Crippen molar-refractivity contribution in [1.29, 1.82) is 0 Å². The van der Waals surface area contributed by atoms with Crippen molar-refractivity contribution in [3.63, 3.8) is 0 Å². The van der Waals surface area contributed by atoms with Crippen LogP contribution in [0.4, 0.5) is 25.0 Å². The normalized spacial score (nSPS) is 14.0. The average molecular weight is 390 g/mol. The average Bonchev–Trinajstić information content (AvgIpc) is 2.70. The molecule has 0 bridgehead atoms. The van der Waals surface area contributed by atoms with Gasteiger partial charge in [-0.1, -0.05) is 0 Å². The van der Waals surface area contributed by atoms with Crippen LogP contribution in [0.15, 0.2) is 36.7 Å². The number of aromatic nitrogens is 1. The van der Waals surface area contributed by atoms with Gasteiger partial charge in [-0.2, -0.15) is 0 Å². The third-order valence-electron chi connectivity index (χ3n) is 4.29. The molecule has 1 aliphatic rings. The molecule has 0 saturated carbocycles. The Morgan fingerprint density at radius 1 is 1.11 bits per heavy atom. The summed E-state index contributed by atoms with van der Waals surface area (Å²) >= 11 is 0. The summed E-state index contributed by atoms with van der Waals surface area (Å²) < 4.78 is 31.8. The molecule has 3 rings (SSSR count). The summed E-state index contributed by atoms with van der Waals surface area (Å²) in [6.07, 6.45) is 2.48. The summed E-state index contributed by atoms with van der Waals surface area (Å²) in [5.74, 6) is -1.65. The van der Waals surface area contributed by atoms with E-state index in [1.54, 1.807) is 22.8 Å². The van der Waals surface area contributed by atoms with Gasteiger partial charge in [-0.15, -0.1) is 0 Å². The molecule has 2 aromatic rings. The zero-order valence-electron chi connectivity index (χ0n) is 15.3. The lowest BCUT2D eigenvalue weighted by Gasteiger charge is -2.34. The second-order valence-electron chi connectivity index (χ2n) is 6.19. The number of carbonyl (C=O) groups excluding carboxylic acids is 2. The number of hydrogen-bond donors (Lipinski definition) is 1. The van der Waals surface area contributed by atoms with Gasteiger partial charge in [0, 0.05) is 38.4 Å². The van der Waals surface area contributed by atoms with Crippen LogP contribution in [0.1, 0.15) is 17.3 Å². The van der Waals surface area contributed by atoms with Crippen molar-refractivity contribution in [1.82, 2.24) is 14.8 Å². The van der Waals surface area contributed by atoms with E-state index in [4.69, 9.17) is 4.74 Å². The molecule has 1 N–H and O–H groups in total. The molecular weight excluding hydrogens is 370 g/mol. The third-order valence-corrected chi connectivity index (χ3v) is 4.29. The van der Waals surface area contributed by atoms with Crippen molar-refractivity contribution >= 4 is 23.4 Å². The summed E-state index contributed by atoms with van der Waals surface area (Å²) in [6.45, 7) is 3.57. The largest absolute Gasteiger partial charge is 0.450 e. The third kappa shape index (κ3) is 4.54. The first kappa shape index (κ1) is 19.5. The van der Waals surface area contributed by atoms with Gasteiger partial charge in [0.1, 0.15) is 11.6 Å². The van der Waals surface area contributed by atoms with E-state index in [0.29, 0.717) is 44.0 Å². The van der Waals surface area contributed by atoms with E-state index in [-0.39, 0.29) is 17.7 Å². The lowest BCUT2D eigenvalue weighted by atomic mass is 10.2. The topological polar surface area (TPSA) is 74.8 Å². The molecular formula is C19H20F2N4O3. The van der Waals surface area contributed by atoms with E-state index in [1.807, 2.05) is 0 Å². The minimum Gasteiger partial charge on any atom is -0.450 e. The number of pyridine rings is 1. The first-order chi connectivity index (χ1) is 13.5. The van der Waals surface area contributed by atoms with E-state index in [1.165, 1.54) is 18.5 Å². The Morgan fingerprint density at radius 2 is 1.82 bits per heavy atom. The predicted octanol–water partition coefficient (Wildman–Crippen LogP) is 3.02. The van der Waals surface area contributed by atoms with Gasteiger partial charge >= 0.3 is 6.09 Å². The van der Waals surface area contributed by atoms with Gasteiger partial charge in [-0.05, 0) is 25.1 Å². The first-order valence-electron chi connectivity index (χ1n) is 8.86. The first-order valence-corrected chi connectivity index (χ1v) is 8.86. The maximum atomic E-state index is 13.8. The quantitative estimate of drug-likeness (QED) is 0.869. The van der Waals surface area contributed by atoms with Gasteiger partial charge in [0.05, 0.1) is 29.7 Å². The van der Waals surface area contributed by atoms with Crippen LogP contribution in [-0.2, 0) is 4.74 Å². The summed E-state index contributed by atoms with van der Waals surface area (Å²) in [6, 6.07) is 4.73. The van der Waals surface area contributed by atoms with Crippen LogP contribution >= 0.6 is 0 Å². The van der Waals surface area contributed by atoms with Gasteiger partial charge in [-0.3, -0.25) is 9.78 Å². The summed E-state index contributed by atoms with van der Waals surface area (Å²) in [7, 11) is 0. The number of halogens is 2. The molecule has 1 saturated heterocycles. The molecule has 1 aromatic carbocycles. The number of anilines is 2. The summed E-state index contributed by atoms with van der Waals surface area (Å²) in [5.41, 5.74) is 0.814. The van der Waals surface area contributed by atoms with Crippen molar-refractivity contribution in [2.45, 2.75) is 6.92 Å². The van der Waals surface area contributed by atoms with Crippen molar-refractivity contribution in [3.05, 3.63) is 53.9 Å². The van der Waals surface area contributed by atoms with Gasteiger partial charge in [0.25, 0.3) is 5.91 Å². The molecule has 2 heterocycles. The smallest absolute Gasteiger partial charge is 0.409 e. The summed E-state index contributed by atoms with van der Waals surface area (Å²) in [4.78, 5) is 31.7. The SMILES string of the molecule is CCOC(=O)N1CCN(C(=O)c2cncc(Nc3ccc(F)cc3F)c2)CC1. The predicted molar refractivity (Wildman–Crippen MR) is 98.4 cm³/mol. The molecule has 28 heavy (non-hydrogen) atoms. The van der Waals surface area contributed by atoms with Crippen LogP contribution in [-0.4, -0.2) is 59.6 Å². The maximum absolute atomic E-state index is 13.8. The van der Waals surface area contributed by atoms with Crippen molar-refractivity contribution in [2.75, 3.05) is 38.1 Å². The number of piperazine rings is 1. The summed E-state index contributed by atoms with van der Waals surface area (Å²) in [5, 5.41) is 2.79. The highest BCUT2D eigenvalue weighted by molar-refractivity contribution is 5.95. The Labute approximate surface area is 160 Å². The second kappa shape index (κ2) is 8.64. The maximum Gasteiger partial charge on any atom is 0.409 e. The number of hydrogen-bond acceptors (Lipinski definition) is 5. The van der Waals surface area contributed by atoms with Gasteiger partial charge in [-0.25, -0.2) is 13.6 Å². The number of carbonyl (C=O) groups is 2. The zero-order chi connectivity index (χ0) is 20.1. The molecule has 0 spiro atoms. The number of ether oxygens (including phenoxy) is 1. The lowest BCUT2D eigenvalue weighted by Crippen LogP contribution is -2.50. The molecule has 1 aromatic heterocycles. The Hall–Kier alpha value is -3.23. The van der Waals surface area contributed by atoms with Crippen LogP contribution in [0.2, 0.25) is 0 Å². The number of benzene rings is 1. The van der Waals surface area contributed by atoms with Crippen molar-refractivity contribution in [2.24, 2.45) is 0 Å². The van der Waals surface area contributed by atoms with Crippen LogP contribution in [0.5, 0.6) is 0 Å². The number of nitrogens with zero attached hydrogens (tertiary/aromatic N) is 3. The Kier molecular flexibility index (Phi) is 6.03. The number of rotatable bonds is 4. The van der Waals surface area contributed by atoms with E-state index < -0.39 is 11.6 Å². The van der Waals surface area contributed by atoms with Gasteiger partial charge in [0.15, 0.2) is 0 Å². The molecule has 0 unspecified atom stereocenters. The lowest BCUT2D eigenvalue weighted by molar-refractivity contribution is 0.0570. The molecule has 0 radical (unpaired) electrons. The zero-order valence-corrected chi connectivity index (χ0v) is 15.3. The monoisotopic (exact) mass is 390 g/mol. The van der Waals surface area contributed by atoms with E-state index in [9.17, 15) is 18.4 Å². The molecule has 0 aliphatic carbocycles. The minimum absolute atomic E-state index is 0.0795. The molecule has 148 valence electrons. The highest BCUT2D eigenvalue weighted by atomic mass is 19.1. The van der Waals surface area contributed by atoms with Crippen molar-refractivity contribution in [3.8, 4) is 0 Å². The Bertz CT molecular complexity index is 870. The van der Waals surface area contributed by atoms with Gasteiger partial charge < -0.3 is 19.9 Å². The van der Waals surface area contributed by atoms with Crippen LogP contribution in [0.25, 0.3) is 0 Å². The van der Waals surface area contributed by atoms with Gasteiger partial charge in [0.2, 0.25) is 0 Å². The van der Waals surface area contributed by atoms with E-state index in [2.05, 4.69) is 10.3 Å². The second-order valence-corrected chi connectivity index (χ2v) is 6.19. The van der Waals surface area contributed by atoms with E-state index >= 15 is 0 Å². The van der Waals surface area contributed by atoms with E-state index in [0.717, 1.165) is 12.1 Å². The fourth-order valence-corrected chi connectivity index (χ4v) is 2.86. The molecule has 2 amide bonds. The number of nitrogens with one attached hydrogen (secondary N) is 1. The molecule has 7 nitrogen and oxygen atoms in total. The Balaban J connectivity index is 1.65.